The van der Waals surface area contributed by atoms with Crippen LogP contribution in [0, 0.1) is 0 Å². The van der Waals surface area contributed by atoms with E-state index in [2.05, 4.69) is 34.7 Å². The number of aliphatic imine (C=N–C) groups is 1. The molecule has 0 amide bonds. The molecule has 16 heavy (non-hydrogen) atoms. The molecule has 0 aliphatic carbocycles. The second kappa shape index (κ2) is 6.30. The average molecular weight is 254 g/mol. The van der Waals surface area contributed by atoms with Gasteiger partial charge < -0.3 is 5.32 Å². The van der Waals surface area contributed by atoms with Crippen molar-refractivity contribution >= 4 is 28.3 Å². The van der Waals surface area contributed by atoms with E-state index in [4.69, 9.17) is 0 Å². The Morgan fingerprint density at radius 3 is 3.12 bits per heavy atom. The van der Waals surface area contributed by atoms with Crippen LogP contribution in [0.2, 0.25) is 0 Å². The van der Waals surface area contributed by atoms with Gasteiger partial charge in [0.2, 0.25) is 0 Å². The minimum absolute atomic E-state index is 0.453. The molecule has 2 rings (SSSR count). The quantitative estimate of drug-likeness (QED) is 0.886. The summed E-state index contributed by atoms with van der Waals surface area (Å²) >= 11 is 3.69. The Morgan fingerprint density at radius 1 is 1.56 bits per heavy atom. The van der Waals surface area contributed by atoms with Gasteiger partial charge in [0.1, 0.15) is 0 Å². The van der Waals surface area contributed by atoms with Crippen LogP contribution in [0.1, 0.15) is 37.1 Å². The molecule has 1 aliphatic rings. The summed E-state index contributed by atoms with van der Waals surface area (Å²) in [6.45, 7) is 3.22. The van der Waals surface area contributed by atoms with Gasteiger partial charge in [-0.05, 0) is 24.3 Å². The SMILES string of the molecule is CCCC(NC1=NCCCS1)c1cccs1. The monoisotopic (exact) mass is 254 g/mol. The lowest BCUT2D eigenvalue weighted by Crippen LogP contribution is -2.27. The molecule has 1 unspecified atom stereocenters. The standard InChI is InChI=1S/C12H18N2S2/c1-2-5-10(11-6-3-8-15-11)14-12-13-7-4-9-16-12/h3,6,8,10H,2,4-5,7,9H2,1H3,(H,13,14). The van der Waals surface area contributed by atoms with E-state index in [0.717, 1.165) is 11.7 Å². The third-order valence-electron chi connectivity index (χ3n) is 2.56. The molecular formula is C12H18N2S2. The minimum Gasteiger partial charge on any atom is -0.357 e. The number of thiophene rings is 1. The van der Waals surface area contributed by atoms with Crippen molar-refractivity contribution < 1.29 is 0 Å². The summed E-state index contributed by atoms with van der Waals surface area (Å²) in [4.78, 5) is 5.96. The Hall–Kier alpha value is -0.480. The smallest absolute Gasteiger partial charge is 0.157 e. The third-order valence-corrected chi connectivity index (χ3v) is 4.56. The van der Waals surface area contributed by atoms with Crippen molar-refractivity contribution in [1.82, 2.24) is 5.32 Å². The van der Waals surface area contributed by atoms with Gasteiger partial charge in [0.05, 0.1) is 6.04 Å². The van der Waals surface area contributed by atoms with Crippen LogP contribution < -0.4 is 5.32 Å². The first kappa shape index (κ1) is 12.0. The second-order valence-corrected chi connectivity index (χ2v) is 5.95. The van der Waals surface area contributed by atoms with Crippen molar-refractivity contribution in [3.63, 3.8) is 0 Å². The number of nitrogens with zero attached hydrogens (tertiary/aromatic N) is 1. The molecule has 1 aliphatic heterocycles. The molecule has 1 atom stereocenters. The fourth-order valence-corrected chi connectivity index (χ4v) is 3.45. The molecule has 4 heteroatoms. The summed E-state index contributed by atoms with van der Waals surface area (Å²) < 4.78 is 0. The number of hydrogen-bond acceptors (Lipinski definition) is 4. The summed E-state index contributed by atoms with van der Waals surface area (Å²) in [5.41, 5.74) is 0. The Kier molecular flexibility index (Phi) is 4.72. The van der Waals surface area contributed by atoms with Crippen LogP contribution in [0.4, 0.5) is 0 Å². The second-order valence-electron chi connectivity index (χ2n) is 3.89. The van der Waals surface area contributed by atoms with Gasteiger partial charge in [-0.15, -0.1) is 11.3 Å². The molecule has 0 radical (unpaired) electrons. The predicted molar refractivity (Wildman–Crippen MR) is 74.5 cm³/mol. The summed E-state index contributed by atoms with van der Waals surface area (Å²) in [6, 6.07) is 4.79. The van der Waals surface area contributed by atoms with Crippen molar-refractivity contribution in [1.29, 1.82) is 0 Å². The van der Waals surface area contributed by atoms with Crippen LogP contribution in [0.5, 0.6) is 0 Å². The number of amidine groups is 1. The molecule has 1 N–H and O–H groups in total. The van der Waals surface area contributed by atoms with Crippen molar-refractivity contribution in [3.05, 3.63) is 22.4 Å². The lowest BCUT2D eigenvalue weighted by Gasteiger charge is -2.20. The molecule has 0 aromatic carbocycles. The summed E-state index contributed by atoms with van der Waals surface area (Å²) in [7, 11) is 0. The highest BCUT2D eigenvalue weighted by molar-refractivity contribution is 8.13. The van der Waals surface area contributed by atoms with Crippen molar-refractivity contribution in [3.8, 4) is 0 Å². The van der Waals surface area contributed by atoms with E-state index < -0.39 is 0 Å². The van der Waals surface area contributed by atoms with Gasteiger partial charge >= 0.3 is 0 Å². The van der Waals surface area contributed by atoms with Crippen LogP contribution in [-0.2, 0) is 0 Å². The van der Waals surface area contributed by atoms with E-state index >= 15 is 0 Å². The molecule has 0 saturated carbocycles. The van der Waals surface area contributed by atoms with E-state index in [1.165, 1.54) is 29.9 Å². The molecule has 0 fully saturated rings. The third kappa shape index (κ3) is 3.25. The van der Waals surface area contributed by atoms with Crippen molar-refractivity contribution in [2.45, 2.75) is 32.2 Å². The molecule has 2 heterocycles. The van der Waals surface area contributed by atoms with Crippen LogP contribution >= 0.6 is 23.1 Å². The first-order chi connectivity index (χ1) is 7.90. The largest absolute Gasteiger partial charge is 0.357 e. The molecule has 0 bridgehead atoms. The van der Waals surface area contributed by atoms with Crippen LogP contribution in [0.25, 0.3) is 0 Å². The van der Waals surface area contributed by atoms with E-state index in [9.17, 15) is 0 Å². The Labute approximate surface area is 106 Å². The maximum absolute atomic E-state index is 4.53. The van der Waals surface area contributed by atoms with E-state index in [1.54, 1.807) is 0 Å². The zero-order valence-electron chi connectivity index (χ0n) is 9.61. The van der Waals surface area contributed by atoms with E-state index in [-0.39, 0.29) is 0 Å². The van der Waals surface area contributed by atoms with Gasteiger partial charge in [0.25, 0.3) is 0 Å². The fourth-order valence-electron chi connectivity index (χ4n) is 1.76. The zero-order valence-corrected chi connectivity index (χ0v) is 11.2. The Balaban J connectivity index is 1.99. The molecule has 0 saturated heterocycles. The van der Waals surface area contributed by atoms with Gasteiger partial charge in [0, 0.05) is 17.2 Å². The molecule has 1 aromatic heterocycles. The Morgan fingerprint density at radius 2 is 2.50 bits per heavy atom. The zero-order chi connectivity index (χ0) is 11.2. The highest BCUT2D eigenvalue weighted by atomic mass is 32.2. The normalized spacial score (nSPS) is 17.9. The van der Waals surface area contributed by atoms with Gasteiger partial charge in [-0.1, -0.05) is 31.2 Å². The van der Waals surface area contributed by atoms with E-state index in [0.29, 0.717) is 6.04 Å². The van der Waals surface area contributed by atoms with E-state index in [1.807, 2.05) is 23.1 Å². The number of hydrogen-bond donors (Lipinski definition) is 1. The summed E-state index contributed by atoms with van der Waals surface area (Å²) in [5, 5.41) is 6.87. The average Bonchev–Trinajstić information content (AvgIpc) is 2.83. The van der Waals surface area contributed by atoms with Crippen molar-refractivity contribution in [2.75, 3.05) is 12.3 Å². The Bertz CT molecular complexity index is 333. The summed E-state index contributed by atoms with van der Waals surface area (Å²) in [6.07, 6.45) is 3.60. The molecule has 1 aromatic rings. The van der Waals surface area contributed by atoms with Gasteiger partial charge in [-0.2, -0.15) is 0 Å². The van der Waals surface area contributed by atoms with Gasteiger partial charge in [0.15, 0.2) is 5.17 Å². The first-order valence-corrected chi connectivity index (χ1v) is 7.74. The minimum atomic E-state index is 0.453. The van der Waals surface area contributed by atoms with Crippen molar-refractivity contribution in [2.24, 2.45) is 4.99 Å². The predicted octanol–water partition coefficient (Wildman–Crippen LogP) is 3.67. The molecular weight excluding hydrogens is 236 g/mol. The maximum Gasteiger partial charge on any atom is 0.157 e. The molecule has 2 nitrogen and oxygen atoms in total. The first-order valence-electron chi connectivity index (χ1n) is 5.87. The number of rotatable bonds is 4. The highest BCUT2D eigenvalue weighted by Gasteiger charge is 2.14. The topological polar surface area (TPSA) is 24.4 Å². The number of nitrogens with one attached hydrogen (secondary N) is 1. The maximum atomic E-state index is 4.53. The highest BCUT2D eigenvalue weighted by Crippen LogP contribution is 2.25. The fraction of sp³-hybridized carbons (Fsp3) is 0.583. The van der Waals surface area contributed by atoms with Crippen LogP contribution in [0.15, 0.2) is 22.5 Å². The molecule has 0 spiro atoms. The summed E-state index contributed by atoms with van der Waals surface area (Å²) in [5.74, 6) is 1.20. The van der Waals surface area contributed by atoms with Gasteiger partial charge in [-0.3, -0.25) is 4.99 Å². The van der Waals surface area contributed by atoms with Crippen LogP contribution in [-0.4, -0.2) is 17.5 Å². The van der Waals surface area contributed by atoms with Crippen LogP contribution in [0.3, 0.4) is 0 Å². The lowest BCUT2D eigenvalue weighted by atomic mass is 10.1. The molecule has 88 valence electrons. The van der Waals surface area contributed by atoms with Gasteiger partial charge in [-0.25, -0.2) is 0 Å². The lowest BCUT2D eigenvalue weighted by molar-refractivity contribution is 0.592. The number of thioether (sulfide) groups is 1.